The van der Waals surface area contributed by atoms with Crippen LogP contribution in [-0.4, -0.2) is 17.2 Å². The smallest absolute Gasteiger partial charge is 0.234 e. The largest absolute Gasteiger partial charge is 0.521 e. The van der Waals surface area contributed by atoms with Gasteiger partial charge in [0.15, 0.2) is 0 Å². The van der Waals surface area contributed by atoms with Crippen LogP contribution < -0.4 is 0 Å². The molecule has 0 nitrogen and oxygen atoms in total. The lowest BCUT2D eigenvalue weighted by Crippen LogP contribution is -2.14. The lowest BCUT2D eigenvalue weighted by molar-refractivity contribution is 0.783. The molecule has 0 spiro atoms. The van der Waals surface area contributed by atoms with E-state index in [1.807, 2.05) is 13.8 Å². The lowest BCUT2D eigenvalue weighted by Gasteiger charge is -2.12. The van der Waals surface area contributed by atoms with E-state index in [-0.39, 0.29) is 4.87 Å². The predicted octanol–water partition coefficient (Wildman–Crippen LogP) is 2.97. The van der Waals surface area contributed by atoms with Gasteiger partial charge in [-0.3, -0.25) is 0 Å². The van der Waals surface area contributed by atoms with Crippen LogP contribution in [0.5, 0.6) is 0 Å². The van der Waals surface area contributed by atoms with Crippen molar-refractivity contribution in [2.45, 2.75) is 24.0 Å². The van der Waals surface area contributed by atoms with E-state index in [2.05, 4.69) is 0 Å². The van der Waals surface area contributed by atoms with Crippen LogP contribution in [0.2, 0.25) is 5.28 Å². The lowest BCUT2D eigenvalue weighted by atomic mass is 10.2. The van der Waals surface area contributed by atoms with Gasteiger partial charge in [-0.2, -0.15) is 0 Å². The SMILES string of the molecule is CC(C)(Cl)[CH2][Al]([Cl])[Cl]. The number of rotatable bonds is 2. The minimum absolute atomic E-state index is 0.208. The fourth-order valence-corrected chi connectivity index (χ4v) is 4.35. The van der Waals surface area contributed by atoms with Crippen molar-refractivity contribution in [2.24, 2.45) is 0 Å². The van der Waals surface area contributed by atoms with Crippen molar-refractivity contribution < 1.29 is 0 Å². The molecule has 0 aromatic carbocycles. The van der Waals surface area contributed by atoms with Gasteiger partial charge in [-0.05, 0) is 19.1 Å². The topological polar surface area (TPSA) is 0 Å². The molecule has 0 saturated carbocycles. The second kappa shape index (κ2) is 3.54. The van der Waals surface area contributed by atoms with Crippen molar-refractivity contribution >= 4 is 44.0 Å². The molecular weight excluding hydrogens is 181 g/mol. The Labute approximate surface area is 67.9 Å². The summed E-state index contributed by atoms with van der Waals surface area (Å²) in [5.41, 5.74) is 0. The third-order valence-corrected chi connectivity index (χ3v) is 3.31. The molecule has 0 rings (SSSR count). The summed E-state index contributed by atoms with van der Waals surface area (Å²) in [5.74, 6) is 0. The maximum atomic E-state index is 5.79. The summed E-state index contributed by atoms with van der Waals surface area (Å²) >= 11 is 4.31. The van der Waals surface area contributed by atoms with Gasteiger partial charge >= 0.3 is 12.3 Å². The molecule has 4 heteroatoms. The summed E-state index contributed by atoms with van der Waals surface area (Å²) < 4.78 is 0. The Morgan fingerprint density at radius 1 is 1.38 bits per heavy atom. The molecule has 0 unspecified atom stereocenters. The molecule has 0 bridgehead atoms. The number of hydrogen-bond donors (Lipinski definition) is 0. The van der Waals surface area contributed by atoms with Crippen LogP contribution >= 0.6 is 31.7 Å². The predicted molar refractivity (Wildman–Crippen MR) is 42.2 cm³/mol. The molecule has 0 aliphatic carbocycles. The van der Waals surface area contributed by atoms with E-state index in [9.17, 15) is 0 Å². The Balaban J connectivity index is 3.39. The van der Waals surface area contributed by atoms with Gasteiger partial charge in [0.2, 0.25) is 0 Å². The molecule has 0 aliphatic rings. The first kappa shape index (κ1) is 9.40. The van der Waals surface area contributed by atoms with Crippen LogP contribution in [0.3, 0.4) is 0 Å². The van der Waals surface area contributed by atoms with Gasteiger partial charge in [-0.15, -0.1) is 11.6 Å². The molecule has 0 heterocycles. The van der Waals surface area contributed by atoms with Crippen molar-refractivity contribution in [3.63, 3.8) is 0 Å². The monoisotopic (exact) mass is 188 g/mol. The first-order valence-corrected chi connectivity index (χ1v) is 7.07. The second-order valence-electron chi connectivity index (χ2n) is 2.31. The van der Waals surface area contributed by atoms with E-state index in [1.165, 1.54) is 0 Å². The van der Waals surface area contributed by atoms with Gasteiger partial charge in [0, 0.05) is 4.87 Å². The van der Waals surface area contributed by atoms with Crippen molar-refractivity contribution in [3.8, 4) is 0 Å². The van der Waals surface area contributed by atoms with Crippen molar-refractivity contribution in [3.05, 3.63) is 0 Å². The van der Waals surface area contributed by atoms with Gasteiger partial charge in [0.05, 0.1) is 0 Å². The average molecular weight is 189 g/mol. The summed E-state index contributed by atoms with van der Waals surface area (Å²) in [6.45, 7) is 3.83. The Morgan fingerprint density at radius 3 is 1.75 bits per heavy atom. The fraction of sp³-hybridized carbons (Fsp3) is 1.00. The van der Waals surface area contributed by atoms with Crippen LogP contribution in [0.1, 0.15) is 13.8 Å². The first-order valence-electron chi connectivity index (χ1n) is 2.39. The molecule has 0 atom stereocenters. The van der Waals surface area contributed by atoms with E-state index in [0.717, 1.165) is 5.28 Å². The van der Waals surface area contributed by atoms with Gasteiger partial charge in [0.1, 0.15) is 0 Å². The Hall–Kier alpha value is 1.40. The first-order chi connectivity index (χ1) is 3.42. The van der Waals surface area contributed by atoms with Gasteiger partial charge in [0.25, 0.3) is 0 Å². The average Bonchev–Trinajstić information content (AvgIpc) is 1.21. The van der Waals surface area contributed by atoms with Crippen LogP contribution in [0.15, 0.2) is 0 Å². The summed E-state index contributed by atoms with van der Waals surface area (Å²) in [5, 5.41) is 0.762. The third-order valence-electron chi connectivity index (χ3n) is 0.640. The molecule has 0 amide bonds. The minimum atomic E-state index is -1.48. The van der Waals surface area contributed by atoms with Gasteiger partial charge < -0.3 is 0 Å². The Bertz CT molecular complexity index is 66.2. The number of alkyl halides is 1. The Morgan fingerprint density at radius 2 is 1.75 bits per heavy atom. The van der Waals surface area contributed by atoms with Crippen LogP contribution in [0, 0.1) is 0 Å². The van der Waals surface area contributed by atoms with Gasteiger partial charge in [-0.25, -0.2) is 20.1 Å². The highest BCUT2D eigenvalue weighted by Crippen LogP contribution is 2.23. The van der Waals surface area contributed by atoms with E-state index in [0.29, 0.717) is 0 Å². The molecule has 0 radical (unpaired) electrons. The summed E-state index contributed by atoms with van der Waals surface area (Å²) in [6.07, 6.45) is 0. The van der Waals surface area contributed by atoms with E-state index < -0.39 is 12.3 Å². The van der Waals surface area contributed by atoms with Crippen LogP contribution in [0.25, 0.3) is 0 Å². The number of hydrogen-bond acceptors (Lipinski definition) is 0. The van der Waals surface area contributed by atoms with Crippen molar-refractivity contribution in [2.75, 3.05) is 0 Å². The summed E-state index contributed by atoms with van der Waals surface area (Å²) in [7, 11) is 11.2. The number of halogens is 3. The molecule has 0 saturated heterocycles. The minimum Gasteiger partial charge on any atom is -0.234 e. The summed E-state index contributed by atoms with van der Waals surface area (Å²) in [6, 6.07) is 0. The molecule has 0 N–H and O–H groups in total. The zero-order valence-corrected chi connectivity index (χ0v) is 8.34. The Kier molecular flexibility index (Phi) is 4.16. The molecule has 48 valence electrons. The molecule has 0 aromatic heterocycles. The highest BCUT2D eigenvalue weighted by Gasteiger charge is 2.22. The molecular formula is C4H8AlCl3. The molecule has 0 aliphatic heterocycles. The molecule has 0 fully saturated rings. The highest BCUT2D eigenvalue weighted by molar-refractivity contribution is 7.34. The standard InChI is InChI=1S/C4H8Cl.Al.2ClH/c1-4(2,3)5;;;/h1H2,2-3H3;;2*1H/q;+2;;/p-2. The zero-order chi connectivity index (χ0) is 6.78. The van der Waals surface area contributed by atoms with Crippen molar-refractivity contribution in [1.29, 1.82) is 0 Å². The maximum Gasteiger partial charge on any atom is 0.521 e. The van der Waals surface area contributed by atoms with E-state index in [4.69, 9.17) is 31.7 Å². The van der Waals surface area contributed by atoms with Crippen LogP contribution in [0.4, 0.5) is 0 Å². The van der Waals surface area contributed by atoms with Gasteiger partial charge in [-0.1, -0.05) is 0 Å². The van der Waals surface area contributed by atoms with E-state index in [1.54, 1.807) is 0 Å². The quantitative estimate of drug-likeness (QED) is 0.463. The third kappa shape index (κ3) is 7.40. The summed E-state index contributed by atoms with van der Waals surface area (Å²) in [4.78, 5) is -0.208. The zero-order valence-electron chi connectivity index (χ0n) is 4.92. The fourth-order valence-electron chi connectivity index (χ4n) is 0.367. The normalized spacial score (nSPS) is 11.6. The highest BCUT2D eigenvalue weighted by atomic mass is 35.7. The van der Waals surface area contributed by atoms with E-state index >= 15 is 0 Å². The van der Waals surface area contributed by atoms with Crippen molar-refractivity contribution in [1.82, 2.24) is 0 Å². The maximum absolute atomic E-state index is 5.79. The molecule has 0 aromatic rings. The molecule has 8 heavy (non-hydrogen) atoms. The second-order valence-corrected chi connectivity index (χ2v) is 8.36. The van der Waals surface area contributed by atoms with Crippen LogP contribution in [-0.2, 0) is 0 Å².